The van der Waals surface area contributed by atoms with Crippen molar-refractivity contribution in [3.63, 3.8) is 0 Å². The number of likely N-dealkylation sites (tertiary alicyclic amines) is 1. The Bertz CT molecular complexity index is 946. The van der Waals surface area contributed by atoms with E-state index in [4.69, 9.17) is 37.4 Å². The molecule has 2 atom stereocenters. The fraction of sp³-hybridized carbons (Fsp3) is 0.409. The van der Waals surface area contributed by atoms with Gasteiger partial charge in [0.25, 0.3) is 0 Å². The maximum Gasteiger partial charge on any atom is 0.407 e. The molecule has 0 bridgehead atoms. The van der Waals surface area contributed by atoms with Crippen LogP contribution in [-0.2, 0) is 9.53 Å². The fourth-order valence-electron chi connectivity index (χ4n) is 3.73. The van der Waals surface area contributed by atoms with Gasteiger partial charge >= 0.3 is 12.1 Å². The van der Waals surface area contributed by atoms with Crippen molar-refractivity contribution in [2.45, 2.75) is 19.3 Å². The van der Waals surface area contributed by atoms with Gasteiger partial charge in [0.05, 0.1) is 23.1 Å². The van der Waals surface area contributed by atoms with Crippen LogP contribution in [0.5, 0.6) is 11.6 Å². The Morgan fingerprint density at radius 1 is 1.19 bits per heavy atom. The van der Waals surface area contributed by atoms with Crippen LogP contribution in [0.3, 0.4) is 0 Å². The number of rotatable bonds is 7. The van der Waals surface area contributed by atoms with Gasteiger partial charge in [0, 0.05) is 31.3 Å². The van der Waals surface area contributed by atoms with Gasteiger partial charge in [0.2, 0.25) is 5.88 Å². The predicted molar refractivity (Wildman–Crippen MR) is 119 cm³/mol. The number of hydrogen-bond donors (Lipinski definition) is 1. The summed E-state index contributed by atoms with van der Waals surface area (Å²) in [5, 5.41) is 10.1. The largest absolute Gasteiger partial charge is 0.487 e. The zero-order valence-corrected chi connectivity index (χ0v) is 19.2. The quantitative estimate of drug-likeness (QED) is 0.460. The van der Waals surface area contributed by atoms with E-state index in [1.165, 1.54) is 12.0 Å². The molecule has 2 heterocycles. The Labute approximate surface area is 196 Å². The number of esters is 1. The number of pyridine rings is 1. The van der Waals surface area contributed by atoms with Crippen LogP contribution < -0.4 is 9.47 Å². The summed E-state index contributed by atoms with van der Waals surface area (Å²) in [5.41, 5.74) is 1.77. The van der Waals surface area contributed by atoms with Crippen molar-refractivity contribution in [1.82, 2.24) is 9.88 Å². The summed E-state index contributed by atoms with van der Waals surface area (Å²) in [7, 11) is 1.30. The Kier molecular flexibility index (Phi) is 8.04. The molecule has 2 aromatic rings. The molecule has 10 heteroatoms. The fourth-order valence-corrected chi connectivity index (χ4v) is 4.43. The van der Waals surface area contributed by atoms with Gasteiger partial charge in [-0.05, 0) is 36.6 Å². The van der Waals surface area contributed by atoms with Crippen molar-refractivity contribution in [2.24, 2.45) is 5.92 Å². The molecule has 1 fully saturated rings. The standard InChI is InChI=1S/C22H24Cl2N2O6/c1-13-9-17(23)20(18(24)10-13)32-8-7-31-19-4-3-14(11-25-19)15-5-6-26(22(28)29)12-16(15)21(27)30-2/h3-4,9-11,15-16H,5-8,12H2,1-2H3,(H,28,29). The van der Waals surface area contributed by atoms with Crippen molar-refractivity contribution in [1.29, 1.82) is 0 Å². The number of methoxy groups -OCH3 is 1. The Hall–Kier alpha value is -2.71. The van der Waals surface area contributed by atoms with Crippen molar-refractivity contribution < 1.29 is 28.9 Å². The number of halogens is 2. The number of piperidine rings is 1. The lowest BCUT2D eigenvalue weighted by molar-refractivity contribution is -0.147. The van der Waals surface area contributed by atoms with E-state index in [1.54, 1.807) is 24.4 Å². The van der Waals surface area contributed by atoms with Crippen molar-refractivity contribution in [2.75, 3.05) is 33.4 Å². The number of benzene rings is 1. The lowest BCUT2D eigenvalue weighted by Gasteiger charge is -2.35. The maximum atomic E-state index is 12.2. The first-order valence-corrected chi connectivity index (χ1v) is 10.8. The molecular formula is C22H24Cl2N2O6. The molecule has 1 aliphatic rings. The lowest BCUT2D eigenvalue weighted by Crippen LogP contribution is -2.45. The van der Waals surface area contributed by atoms with Gasteiger partial charge in [-0.3, -0.25) is 4.79 Å². The average Bonchev–Trinajstić information content (AvgIpc) is 2.77. The Balaban J connectivity index is 1.57. The molecule has 3 rings (SSSR count). The number of carboxylic acid groups (broad SMARTS) is 1. The molecule has 1 amide bonds. The van der Waals surface area contributed by atoms with Gasteiger partial charge in [-0.1, -0.05) is 29.3 Å². The van der Waals surface area contributed by atoms with Crippen molar-refractivity contribution >= 4 is 35.3 Å². The molecule has 1 saturated heterocycles. The minimum atomic E-state index is -1.05. The summed E-state index contributed by atoms with van der Waals surface area (Å²) in [6.45, 7) is 2.78. The number of ether oxygens (including phenoxy) is 3. The minimum absolute atomic E-state index is 0.0897. The Morgan fingerprint density at radius 3 is 2.47 bits per heavy atom. The SMILES string of the molecule is COC(=O)C1CN(C(=O)O)CCC1c1ccc(OCCOc2c(Cl)cc(C)cc2Cl)nc1. The van der Waals surface area contributed by atoms with E-state index in [1.807, 2.05) is 13.0 Å². The smallest absolute Gasteiger partial charge is 0.407 e. The van der Waals surface area contributed by atoms with Crippen molar-refractivity contribution in [3.05, 3.63) is 51.6 Å². The van der Waals surface area contributed by atoms with E-state index in [-0.39, 0.29) is 25.7 Å². The van der Waals surface area contributed by atoms with Crippen LogP contribution in [0, 0.1) is 12.8 Å². The molecule has 1 aromatic carbocycles. The van der Waals surface area contributed by atoms with Gasteiger partial charge in [0.15, 0.2) is 5.75 Å². The minimum Gasteiger partial charge on any atom is -0.487 e. The van der Waals surface area contributed by atoms with Crippen LogP contribution in [0.4, 0.5) is 4.79 Å². The maximum absolute atomic E-state index is 12.2. The molecule has 0 aliphatic carbocycles. The van der Waals surface area contributed by atoms with E-state index in [2.05, 4.69) is 4.98 Å². The first kappa shape index (κ1) is 23.9. The number of carbonyl (C=O) groups is 2. The zero-order valence-electron chi connectivity index (χ0n) is 17.7. The lowest BCUT2D eigenvalue weighted by atomic mass is 9.81. The van der Waals surface area contributed by atoms with Gasteiger partial charge in [0.1, 0.15) is 13.2 Å². The van der Waals surface area contributed by atoms with Gasteiger partial charge in [-0.15, -0.1) is 0 Å². The molecule has 0 radical (unpaired) electrons. The molecule has 1 aromatic heterocycles. The average molecular weight is 483 g/mol. The number of nitrogens with zero attached hydrogens (tertiary/aromatic N) is 2. The third-order valence-corrected chi connectivity index (χ3v) is 5.86. The van der Waals surface area contributed by atoms with Crippen LogP contribution in [-0.4, -0.2) is 60.5 Å². The van der Waals surface area contributed by atoms with Crippen LogP contribution in [0.25, 0.3) is 0 Å². The highest BCUT2D eigenvalue weighted by Crippen LogP contribution is 2.35. The first-order chi connectivity index (χ1) is 15.3. The number of carbonyl (C=O) groups excluding carboxylic acids is 1. The Morgan fingerprint density at radius 2 is 1.88 bits per heavy atom. The number of aromatic nitrogens is 1. The molecule has 172 valence electrons. The summed E-state index contributed by atoms with van der Waals surface area (Å²) in [5.74, 6) is -0.403. The van der Waals surface area contributed by atoms with Gasteiger partial charge in [-0.25, -0.2) is 9.78 Å². The molecular weight excluding hydrogens is 459 g/mol. The highest BCUT2D eigenvalue weighted by Gasteiger charge is 2.37. The predicted octanol–water partition coefficient (Wildman–Crippen LogP) is 4.41. The van der Waals surface area contributed by atoms with E-state index in [0.29, 0.717) is 34.6 Å². The van der Waals surface area contributed by atoms with Crippen LogP contribution in [0.2, 0.25) is 10.0 Å². The van der Waals surface area contributed by atoms with Crippen molar-refractivity contribution in [3.8, 4) is 11.6 Å². The highest BCUT2D eigenvalue weighted by atomic mass is 35.5. The summed E-state index contributed by atoms with van der Waals surface area (Å²) < 4.78 is 16.1. The number of amides is 1. The molecule has 1 N–H and O–H groups in total. The summed E-state index contributed by atoms with van der Waals surface area (Å²) in [6.07, 6.45) is 1.09. The molecule has 0 spiro atoms. The second-order valence-corrected chi connectivity index (χ2v) is 8.25. The van der Waals surface area contributed by atoms with E-state index >= 15 is 0 Å². The molecule has 0 saturated carbocycles. The van der Waals surface area contributed by atoms with E-state index in [0.717, 1.165) is 11.1 Å². The third kappa shape index (κ3) is 5.75. The van der Waals surface area contributed by atoms with Gasteiger partial charge < -0.3 is 24.2 Å². The monoisotopic (exact) mass is 482 g/mol. The summed E-state index contributed by atoms with van der Waals surface area (Å²) in [4.78, 5) is 29.0. The third-order valence-electron chi connectivity index (χ3n) is 5.30. The second-order valence-electron chi connectivity index (χ2n) is 7.44. The first-order valence-electron chi connectivity index (χ1n) is 10.0. The van der Waals surface area contributed by atoms with Crippen LogP contribution in [0.15, 0.2) is 30.5 Å². The topological polar surface area (TPSA) is 98.2 Å². The van der Waals surface area contributed by atoms with Crippen LogP contribution >= 0.6 is 23.2 Å². The molecule has 2 unspecified atom stereocenters. The van der Waals surface area contributed by atoms with Crippen LogP contribution in [0.1, 0.15) is 23.5 Å². The highest BCUT2D eigenvalue weighted by molar-refractivity contribution is 6.37. The van der Waals surface area contributed by atoms with E-state index in [9.17, 15) is 14.7 Å². The summed E-state index contributed by atoms with van der Waals surface area (Å²) >= 11 is 12.3. The molecule has 32 heavy (non-hydrogen) atoms. The van der Waals surface area contributed by atoms with E-state index < -0.39 is 18.0 Å². The molecule has 8 nitrogen and oxygen atoms in total. The zero-order chi connectivity index (χ0) is 23.3. The molecule has 1 aliphatic heterocycles. The van der Waals surface area contributed by atoms with Gasteiger partial charge in [-0.2, -0.15) is 0 Å². The number of hydrogen-bond acceptors (Lipinski definition) is 6. The summed E-state index contributed by atoms with van der Waals surface area (Å²) in [6, 6.07) is 7.08. The second kappa shape index (κ2) is 10.7. The number of aryl methyl sites for hydroxylation is 1. The normalized spacial score (nSPS) is 18.2.